The molecule has 3 rings (SSSR count). The van der Waals surface area contributed by atoms with Gasteiger partial charge in [-0.2, -0.15) is 0 Å². The highest BCUT2D eigenvalue weighted by Gasteiger charge is 2.31. The van der Waals surface area contributed by atoms with Crippen LogP contribution in [0.2, 0.25) is 5.02 Å². The van der Waals surface area contributed by atoms with E-state index in [-0.39, 0.29) is 17.5 Å². The number of oxazole rings is 1. The van der Waals surface area contributed by atoms with Crippen molar-refractivity contribution in [3.63, 3.8) is 0 Å². The Labute approximate surface area is 134 Å². The topological polar surface area (TPSA) is 63.4 Å². The van der Waals surface area contributed by atoms with E-state index in [2.05, 4.69) is 4.98 Å². The predicted octanol–water partition coefficient (Wildman–Crippen LogP) is 2.61. The number of sulfone groups is 1. The second-order valence-electron chi connectivity index (χ2n) is 5.60. The first kappa shape index (κ1) is 15.5. The van der Waals surface area contributed by atoms with Crippen LogP contribution in [0.15, 0.2) is 34.9 Å². The minimum atomic E-state index is -2.88. The molecule has 0 N–H and O–H groups in total. The molecule has 1 aromatic heterocycles. The van der Waals surface area contributed by atoms with Gasteiger partial charge in [-0.3, -0.25) is 4.90 Å². The van der Waals surface area contributed by atoms with Crippen LogP contribution in [-0.2, 0) is 16.4 Å². The van der Waals surface area contributed by atoms with Gasteiger partial charge in [0.05, 0.1) is 24.2 Å². The monoisotopic (exact) mass is 340 g/mol. The first-order chi connectivity index (χ1) is 10.4. The molecular weight excluding hydrogens is 324 g/mol. The largest absolute Gasteiger partial charge is 0.439 e. The molecule has 2 heterocycles. The van der Waals surface area contributed by atoms with E-state index in [0.29, 0.717) is 29.6 Å². The number of nitrogens with zero attached hydrogens (tertiary/aromatic N) is 2. The molecule has 1 aliphatic heterocycles. The maximum atomic E-state index is 11.5. The van der Waals surface area contributed by atoms with Crippen molar-refractivity contribution in [3.05, 3.63) is 41.4 Å². The van der Waals surface area contributed by atoms with Gasteiger partial charge in [-0.25, -0.2) is 13.4 Å². The molecule has 22 heavy (non-hydrogen) atoms. The van der Waals surface area contributed by atoms with Gasteiger partial charge in [0.2, 0.25) is 5.89 Å². The van der Waals surface area contributed by atoms with Gasteiger partial charge in [-0.15, -0.1) is 0 Å². The van der Waals surface area contributed by atoms with E-state index in [1.165, 1.54) is 0 Å². The lowest BCUT2D eigenvalue weighted by Crippen LogP contribution is -2.32. The zero-order chi connectivity index (χ0) is 15.7. The van der Waals surface area contributed by atoms with Crippen molar-refractivity contribution < 1.29 is 12.8 Å². The third kappa shape index (κ3) is 3.51. The molecule has 0 aliphatic carbocycles. The summed E-state index contributed by atoms with van der Waals surface area (Å²) in [5.74, 6) is 1.71. The summed E-state index contributed by atoms with van der Waals surface area (Å²) in [6, 6.07) is 7.42. The van der Waals surface area contributed by atoms with Gasteiger partial charge in [0.25, 0.3) is 0 Å². The van der Waals surface area contributed by atoms with Gasteiger partial charge >= 0.3 is 0 Å². The minimum Gasteiger partial charge on any atom is -0.439 e. The van der Waals surface area contributed by atoms with E-state index < -0.39 is 9.84 Å². The Balaban J connectivity index is 1.69. The zero-order valence-electron chi connectivity index (χ0n) is 12.2. The highest BCUT2D eigenvalue weighted by molar-refractivity contribution is 7.91. The van der Waals surface area contributed by atoms with Crippen LogP contribution in [-0.4, -0.2) is 42.9 Å². The van der Waals surface area contributed by atoms with Crippen LogP contribution in [0.4, 0.5) is 0 Å². The fourth-order valence-electron chi connectivity index (χ4n) is 2.62. The van der Waals surface area contributed by atoms with Crippen molar-refractivity contribution in [2.24, 2.45) is 0 Å². The third-order valence-electron chi connectivity index (χ3n) is 3.88. The van der Waals surface area contributed by atoms with E-state index in [9.17, 15) is 8.42 Å². The standard InChI is InChI=1S/C15H17ClN2O3S/c1-18(13-5-6-22(19,20)10-13)9-15-17-8-14(21-15)11-3-2-4-12(16)7-11/h2-4,7-8,13H,5-6,9-10H2,1H3. The maximum absolute atomic E-state index is 11.5. The smallest absolute Gasteiger partial charge is 0.209 e. The molecular formula is C15H17ClN2O3S. The number of halogens is 1. The van der Waals surface area contributed by atoms with E-state index >= 15 is 0 Å². The number of hydrogen-bond acceptors (Lipinski definition) is 5. The molecule has 1 atom stereocenters. The van der Waals surface area contributed by atoms with Crippen molar-refractivity contribution in [1.29, 1.82) is 0 Å². The second-order valence-corrected chi connectivity index (χ2v) is 8.27. The highest BCUT2D eigenvalue weighted by atomic mass is 35.5. The summed E-state index contributed by atoms with van der Waals surface area (Å²) in [5, 5.41) is 0.642. The van der Waals surface area contributed by atoms with E-state index in [4.69, 9.17) is 16.0 Å². The fraction of sp³-hybridized carbons (Fsp3) is 0.400. The van der Waals surface area contributed by atoms with Gasteiger partial charge in [0, 0.05) is 16.6 Å². The molecule has 1 aliphatic rings. The van der Waals surface area contributed by atoms with E-state index in [1.807, 2.05) is 30.1 Å². The van der Waals surface area contributed by atoms with Crippen LogP contribution in [0.5, 0.6) is 0 Å². The van der Waals surface area contributed by atoms with Crippen molar-refractivity contribution in [1.82, 2.24) is 9.88 Å². The lowest BCUT2D eigenvalue weighted by molar-refractivity contribution is 0.230. The summed E-state index contributed by atoms with van der Waals surface area (Å²) in [7, 11) is -0.985. The summed E-state index contributed by atoms with van der Waals surface area (Å²) < 4.78 is 28.8. The summed E-state index contributed by atoms with van der Waals surface area (Å²) in [4.78, 5) is 6.25. The predicted molar refractivity (Wildman–Crippen MR) is 85.5 cm³/mol. The molecule has 1 fully saturated rings. The SMILES string of the molecule is CN(Cc1ncc(-c2cccc(Cl)c2)o1)C1CCS(=O)(=O)C1. The number of benzene rings is 1. The van der Waals surface area contributed by atoms with Crippen LogP contribution in [0.1, 0.15) is 12.3 Å². The second kappa shape index (κ2) is 6.02. The van der Waals surface area contributed by atoms with Gasteiger partial charge < -0.3 is 4.42 Å². The van der Waals surface area contributed by atoms with Crippen molar-refractivity contribution in [3.8, 4) is 11.3 Å². The van der Waals surface area contributed by atoms with E-state index in [1.54, 1.807) is 12.3 Å². The molecule has 1 aromatic carbocycles. The van der Waals surface area contributed by atoms with Crippen LogP contribution in [0.3, 0.4) is 0 Å². The van der Waals surface area contributed by atoms with Gasteiger partial charge in [-0.05, 0) is 25.6 Å². The van der Waals surface area contributed by atoms with Crippen LogP contribution >= 0.6 is 11.6 Å². The fourth-order valence-corrected chi connectivity index (χ4v) is 4.62. The molecule has 1 unspecified atom stereocenters. The van der Waals surface area contributed by atoms with Crippen LogP contribution in [0.25, 0.3) is 11.3 Å². The summed E-state index contributed by atoms with van der Waals surface area (Å²) in [5.41, 5.74) is 0.873. The summed E-state index contributed by atoms with van der Waals surface area (Å²) in [6.07, 6.45) is 2.33. The third-order valence-corrected chi connectivity index (χ3v) is 5.86. The molecule has 7 heteroatoms. The summed E-state index contributed by atoms with van der Waals surface area (Å²) >= 11 is 5.97. The minimum absolute atomic E-state index is 0.0338. The number of aromatic nitrogens is 1. The molecule has 2 aromatic rings. The molecule has 0 spiro atoms. The Kier molecular flexibility index (Phi) is 4.25. The normalized spacial score (nSPS) is 20.6. The van der Waals surface area contributed by atoms with Gasteiger partial charge in [0.1, 0.15) is 0 Å². The molecule has 0 amide bonds. The van der Waals surface area contributed by atoms with Crippen LogP contribution in [0, 0.1) is 0 Å². The summed E-state index contributed by atoms with van der Waals surface area (Å²) in [6.45, 7) is 0.487. The Morgan fingerprint density at radius 1 is 1.45 bits per heavy atom. The molecule has 5 nitrogen and oxygen atoms in total. The average molecular weight is 341 g/mol. The lowest BCUT2D eigenvalue weighted by atomic mass is 10.2. The Bertz CT molecular complexity index is 773. The van der Waals surface area contributed by atoms with Crippen molar-refractivity contribution >= 4 is 21.4 Å². The molecule has 1 saturated heterocycles. The molecule has 118 valence electrons. The lowest BCUT2D eigenvalue weighted by Gasteiger charge is -2.20. The first-order valence-electron chi connectivity index (χ1n) is 7.04. The van der Waals surface area contributed by atoms with Crippen molar-refractivity contribution in [2.75, 3.05) is 18.6 Å². The Hall–Kier alpha value is -1.37. The average Bonchev–Trinajstić information content (AvgIpc) is 3.05. The van der Waals surface area contributed by atoms with Crippen LogP contribution < -0.4 is 0 Å². The number of rotatable bonds is 4. The number of hydrogen-bond donors (Lipinski definition) is 0. The van der Waals surface area contributed by atoms with Gasteiger partial charge in [-0.1, -0.05) is 23.7 Å². The van der Waals surface area contributed by atoms with Gasteiger partial charge in [0.15, 0.2) is 15.6 Å². The highest BCUT2D eigenvalue weighted by Crippen LogP contribution is 2.24. The van der Waals surface area contributed by atoms with Crippen molar-refractivity contribution in [2.45, 2.75) is 19.0 Å². The molecule has 0 radical (unpaired) electrons. The Morgan fingerprint density at radius 2 is 2.27 bits per heavy atom. The quantitative estimate of drug-likeness (QED) is 0.856. The zero-order valence-corrected chi connectivity index (χ0v) is 13.8. The van der Waals surface area contributed by atoms with E-state index in [0.717, 1.165) is 5.56 Å². The first-order valence-corrected chi connectivity index (χ1v) is 9.24. The molecule has 0 saturated carbocycles. The Morgan fingerprint density at radius 3 is 2.95 bits per heavy atom. The maximum Gasteiger partial charge on any atom is 0.209 e. The molecule has 0 bridgehead atoms.